The van der Waals surface area contributed by atoms with Crippen LogP contribution >= 0.6 is 0 Å². The first-order valence-corrected chi connectivity index (χ1v) is 10.7. The van der Waals surface area contributed by atoms with Crippen LogP contribution in [0.3, 0.4) is 0 Å². The second kappa shape index (κ2) is 9.51. The van der Waals surface area contributed by atoms with Gasteiger partial charge in [-0.05, 0) is 33.6 Å². The summed E-state index contributed by atoms with van der Waals surface area (Å²) in [5.74, 6) is 0.220. The van der Waals surface area contributed by atoms with E-state index in [1.54, 1.807) is 6.92 Å². The molecule has 2 aromatic heterocycles. The highest BCUT2D eigenvalue weighted by molar-refractivity contribution is 5.75. The van der Waals surface area contributed by atoms with Crippen molar-refractivity contribution in [3.05, 3.63) is 32.5 Å². The van der Waals surface area contributed by atoms with E-state index in [0.29, 0.717) is 24.6 Å². The van der Waals surface area contributed by atoms with Crippen molar-refractivity contribution in [1.82, 2.24) is 18.7 Å². The summed E-state index contributed by atoms with van der Waals surface area (Å²) in [6, 6.07) is 0.0271. The number of aryl methyl sites for hydroxylation is 1. The lowest BCUT2D eigenvalue weighted by Crippen LogP contribution is -2.44. The van der Waals surface area contributed by atoms with Crippen LogP contribution in [0.1, 0.15) is 40.0 Å². The van der Waals surface area contributed by atoms with Gasteiger partial charge < -0.3 is 19.9 Å². The number of carbonyl (C=O) groups is 1. The van der Waals surface area contributed by atoms with Crippen LogP contribution in [0.25, 0.3) is 11.2 Å². The minimum Gasteiger partial charge on any atom is -0.466 e. The number of esters is 1. The molecule has 10 heteroatoms. The number of hydrogen-bond acceptors (Lipinski definition) is 7. The summed E-state index contributed by atoms with van der Waals surface area (Å²) in [5.41, 5.74) is 7.01. The normalized spacial score (nSPS) is 16.5. The summed E-state index contributed by atoms with van der Waals surface area (Å²) in [7, 11) is 1.44. The second-order valence-electron chi connectivity index (χ2n) is 8.18. The fourth-order valence-corrected chi connectivity index (χ4v) is 3.86. The Morgan fingerprint density at radius 1 is 1.29 bits per heavy atom. The van der Waals surface area contributed by atoms with Crippen molar-refractivity contribution in [3.63, 3.8) is 0 Å². The highest BCUT2D eigenvalue weighted by Gasteiger charge is 2.26. The fourth-order valence-electron chi connectivity index (χ4n) is 3.86. The molecule has 31 heavy (non-hydrogen) atoms. The molecule has 1 saturated heterocycles. The highest BCUT2D eigenvalue weighted by atomic mass is 16.5. The molecule has 2 aromatic rings. The Morgan fingerprint density at radius 3 is 2.68 bits per heavy atom. The van der Waals surface area contributed by atoms with E-state index in [1.807, 2.05) is 24.5 Å². The molecule has 1 fully saturated rings. The van der Waals surface area contributed by atoms with Gasteiger partial charge in [0.05, 0.1) is 13.0 Å². The number of allylic oxidation sites excluding steroid dienone is 2. The molecule has 3 rings (SSSR count). The zero-order valence-electron chi connectivity index (χ0n) is 18.8. The average Bonchev–Trinajstić information content (AvgIpc) is 3.10. The predicted octanol–water partition coefficient (Wildman–Crippen LogP) is 0.744. The summed E-state index contributed by atoms with van der Waals surface area (Å²) < 4.78 is 9.30. The van der Waals surface area contributed by atoms with Crippen molar-refractivity contribution in [3.8, 4) is 0 Å². The molecule has 170 valence electrons. The van der Waals surface area contributed by atoms with Gasteiger partial charge in [0.2, 0.25) is 5.95 Å². The van der Waals surface area contributed by atoms with Crippen LogP contribution < -0.4 is 21.9 Å². The number of aromatic nitrogens is 4. The fraction of sp³-hybridized carbons (Fsp3) is 0.619. The summed E-state index contributed by atoms with van der Waals surface area (Å²) >= 11 is 0. The molecule has 1 aliphatic rings. The molecule has 0 spiro atoms. The SMILES string of the molecule is CCOC(=O)CCn1c(=O)n(C)c(=O)c2c1nc(N1CCCC(N)C1)n2CC=C(C)C. The Balaban J connectivity index is 2.20. The Bertz CT molecular complexity index is 1110. The second-order valence-corrected chi connectivity index (χ2v) is 8.18. The summed E-state index contributed by atoms with van der Waals surface area (Å²) in [6.45, 7) is 7.92. The van der Waals surface area contributed by atoms with Crippen LogP contribution in [0.2, 0.25) is 0 Å². The van der Waals surface area contributed by atoms with Crippen molar-refractivity contribution < 1.29 is 9.53 Å². The van der Waals surface area contributed by atoms with E-state index in [9.17, 15) is 14.4 Å². The van der Waals surface area contributed by atoms with Gasteiger partial charge in [-0.1, -0.05) is 11.6 Å². The lowest BCUT2D eigenvalue weighted by Gasteiger charge is -2.31. The monoisotopic (exact) mass is 432 g/mol. The molecule has 1 aliphatic heterocycles. The maximum absolute atomic E-state index is 13.1. The lowest BCUT2D eigenvalue weighted by atomic mass is 10.1. The topological polar surface area (TPSA) is 117 Å². The Kier molecular flexibility index (Phi) is 6.99. The van der Waals surface area contributed by atoms with E-state index < -0.39 is 17.2 Å². The molecule has 2 N–H and O–H groups in total. The highest BCUT2D eigenvalue weighted by Crippen LogP contribution is 2.23. The Hall–Kier alpha value is -2.88. The number of carbonyl (C=O) groups excluding carboxylic acids is 1. The minimum absolute atomic E-state index is 0.0196. The van der Waals surface area contributed by atoms with E-state index in [4.69, 9.17) is 15.5 Å². The van der Waals surface area contributed by atoms with Gasteiger partial charge in [-0.25, -0.2) is 4.79 Å². The van der Waals surface area contributed by atoms with E-state index in [1.165, 1.54) is 11.6 Å². The van der Waals surface area contributed by atoms with Crippen molar-refractivity contribution >= 4 is 23.1 Å². The van der Waals surface area contributed by atoms with Crippen molar-refractivity contribution in [1.29, 1.82) is 0 Å². The van der Waals surface area contributed by atoms with Gasteiger partial charge in [0, 0.05) is 39.3 Å². The first kappa shape index (κ1) is 22.8. The van der Waals surface area contributed by atoms with Crippen LogP contribution in [0.4, 0.5) is 5.95 Å². The number of fused-ring (bicyclic) bond motifs is 1. The van der Waals surface area contributed by atoms with Crippen LogP contribution in [-0.2, 0) is 29.7 Å². The predicted molar refractivity (Wildman–Crippen MR) is 119 cm³/mol. The van der Waals surface area contributed by atoms with Crippen molar-refractivity contribution in [2.75, 3.05) is 24.6 Å². The van der Waals surface area contributed by atoms with Crippen LogP contribution in [0.15, 0.2) is 21.2 Å². The molecule has 0 radical (unpaired) electrons. The zero-order valence-corrected chi connectivity index (χ0v) is 18.8. The van der Waals surface area contributed by atoms with E-state index in [-0.39, 0.29) is 31.3 Å². The number of rotatable bonds is 7. The lowest BCUT2D eigenvalue weighted by molar-refractivity contribution is -0.143. The first-order chi connectivity index (χ1) is 14.7. The first-order valence-electron chi connectivity index (χ1n) is 10.7. The van der Waals surface area contributed by atoms with Crippen LogP contribution in [0.5, 0.6) is 0 Å². The molecule has 0 amide bonds. The van der Waals surface area contributed by atoms with Crippen molar-refractivity contribution in [2.24, 2.45) is 12.8 Å². The standard InChI is InChI=1S/C21H32N6O4/c1-5-31-16(28)9-12-27-18-17(19(29)24(4)21(27)30)26(11-8-14(2)3)20(23-18)25-10-6-7-15(22)13-25/h8,15H,5-7,9-13,22H2,1-4H3. The molecule has 0 aromatic carbocycles. The van der Waals surface area contributed by atoms with E-state index >= 15 is 0 Å². The molecule has 1 unspecified atom stereocenters. The molecule has 1 atom stereocenters. The van der Waals surface area contributed by atoms with Gasteiger partial charge in [-0.3, -0.25) is 18.7 Å². The maximum atomic E-state index is 13.1. The minimum atomic E-state index is -0.504. The number of piperidine rings is 1. The molecular formula is C21H32N6O4. The summed E-state index contributed by atoms with van der Waals surface area (Å²) in [5, 5.41) is 0. The molecule has 10 nitrogen and oxygen atoms in total. The molecule has 0 bridgehead atoms. The van der Waals surface area contributed by atoms with Gasteiger partial charge in [0.15, 0.2) is 11.2 Å². The Morgan fingerprint density at radius 2 is 2.03 bits per heavy atom. The molecule has 3 heterocycles. The van der Waals surface area contributed by atoms with Crippen LogP contribution in [-0.4, -0.2) is 50.4 Å². The average molecular weight is 433 g/mol. The van der Waals surface area contributed by atoms with E-state index in [2.05, 4.69) is 4.90 Å². The molecule has 0 saturated carbocycles. The van der Waals surface area contributed by atoms with E-state index in [0.717, 1.165) is 29.5 Å². The van der Waals surface area contributed by atoms with Gasteiger partial charge in [0.1, 0.15) is 0 Å². The quantitative estimate of drug-likeness (QED) is 0.507. The molecule has 0 aliphatic carbocycles. The zero-order chi connectivity index (χ0) is 22.7. The van der Waals surface area contributed by atoms with Gasteiger partial charge >= 0.3 is 11.7 Å². The third kappa shape index (κ3) is 4.73. The number of ether oxygens (including phenoxy) is 1. The van der Waals surface area contributed by atoms with Gasteiger partial charge in [0.25, 0.3) is 5.56 Å². The number of imidazole rings is 1. The third-order valence-corrected chi connectivity index (χ3v) is 5.48. The Labute approximate surface area is 180 Å². The van der Waals surface area contributed by atoms with Gasteiger partial charge in [-0.2, -0.15) is 4.98 Å². The number of hydrogen-bond donors (Lipinski definition) is 1. The number of nitrogens with zero attached hydrogens (tertiary/aromatic N) is 5. The van der Waals surface area contributed by atoms with Gasteiger partial charge in [-0.15, -0.1) is 0 Å². The summed E-state index contributed by atoms with van der Waals surface area (Å²) in [4.78, 5) is 44.7. The number of anilines is 1. The van der Waals surface area contributed by atoms with Crippen molar-refractivity contribution in [2.45, 2.75) is 59.2 Å². The van der Waals surface area contributed by atoms with Crippen LogP contribution in [0, 0.1) is 0 Å². The smallest absolute Gasteiger partial charge is 0.332 e. The molecular weight excluding hydrogens is 400 g/mol. The largest absolute Gasteiger partial charge is 0.466 e. The summed E-state index contributed by atoms with van der Waals surface area (Å²) in [6.07, 6.45) is 3.91. The maximum Gasteiger partial charge on any atom is 0.332 e. The third-order valence-electron chi connectivity index (χ3n) is 5.48. The number of nitrogens with two attached hydrogens (primary N) is 1.